The van der Waals surface area contributed by atoms with Crippen LogP contribution in [0.4, 0.5) is 5.69 Å². The summed E-state index contributed by atoms with van der Waals surface area (Å²) in [4.78, 5) is 2.16. The minimum Gasteiger partial charge on any atom is -0.507 e. The number of aromatic nitrogens is 3. The predicted molar refractivity (Wildman–Crippen MR) is 115 cm³/mol. The molecule has 0 radical (unpaired) electrons. The van der Waals surface area contributed by atoms with Gasteiger partial charge in [0.1, 0.15) is 5.75 Å². The number of aromatic amines is 1. The molecule has 0 amide bonds. The Bertz CT molecular complexity index is 1020. The quantitative estimate of drug-likeness (QED) is 0.422. The second kappa shape index (κ2) is 8.49. The molecule has 0 unspecified atom stereocenters. The van der Waals surface area contributed by atoms with Gasteiger partial charge in [0.25, 0.3) is 0 Å². The second-order valence-corrected chi connectivity index (χ2v) is 7.05. The number of halogens is 1. The lowest BCUT2D eigenvalue weighted by Crippen LogP contribution is -2.21. The summed E-state index contributed by atoms with van der Waals surface area (Å²) in [6.45, 7) is 5.92. The van der Waals surface area contributed by atoms with Crippen LogP contribution < -0.4 is 4.90 Å². The fourth-order valence-electron chi connectivity index (χ4n) is 2.76. The van der Waals surface area contributed by atoms with Gasteiger partial charge in [0, 0.05) is 40.4 Å². The molecule has 1 aromatic heterocycles. The summed E-state index contributed by atoms with van der Waals surface area (Å²) in [5.74, 6) is 0.753. The normalized spacial score (nSPS) is 11.2. The number of H-pyrrole nitrogens is 1. The van der Waals surface area contributed by atoms with Gasteiger partial charge in [-0.3, -0.25) is 0 Å². The summed E-state index contributed by atoms with van der Waals surface area (Å²) in [6, 6.07) is 13.3. The van der Waals surface area contributed by atoms with Crippen LogP contribution in [0.15, 0.2) is 52.0 Å². The Kier molecular flexibility index (Phi) is 6.08. The molecule has 0 aliphatic rings. The molecule has 2 aromatic carbocycles. The van der Waals surface area contributed by atoms with Crippen molar-refractivity contribution in [1.82, 2.24) is 14.9 Å². The van der Waals surface area contributed by atoms with E-state index in [1.165, 1.54) is 4.68 Å². The molecule has 0 fully saturated rings. The monoisotopic (exact) mass is 445 g/mol. The molecule has 2 N–H and O–H groups in total. The summed E-state index contributed by atoms with van der Waals surface area (Å²) in [5.41, 5.74) is 2.44. The van der Waals surface area contributed by atoms with E-state index in [4.69, 9.17) is 12.2 Å². The number of nitrogens with zero attached hydrogens (tertiary/aromatic N) is 4. The first-order valence-corrected chi connectivity index (χ1v) is 9.79. The molecule has 8 heteroatoms. The Balaban J connectivity index is 1.95. The van der Waals surface area contributed by atoms with Crippen molar-refractivity contribution in [3.05, 3.63) is 57.3 Å². The summed E-state index contributed by atoms with van der Waals surface area (Å²) in [5, 5.41) is 21.8. The zero-order valence-electron chi connectivity index (χ0n) is 15.1. The Hall–Kier alpha value is -2.45. The van der Waals surface area contributed by atoms with Crippen molar-refractivity contribution in [2.75, 3.05) is 18.0 Å². The molecule has 0 spiro atoms. The second-order valence-electron chi connectivity index (χ2n) is 5.80. The van der Waals surface area contributed by atoms with Crippen LogP contribution in [-0.4, -0.2) is 39.3 Å². The van der Waals surface area contributed by atoms with Gasteiger partial charge in [-0.05, 0) is 50.3 Å². The van der Waals surface area contributed by atoms with E-state index in [0.29, 0.717) is 16.2 Å². The first-order chi connectivity index (χ1) is 13.0. The van der Waals surface area contributed by atoms with E-state index in [1.807, 2.05) is 36.4 Å². The van der Waals surface area contributed by atoms with Crippen molar-refractivity contribution in [3.63, 3.8) is 0 Å². The smallest absolute Gasteiger partial charge is 0.216 e. The minimum atomic E-state index is 0.167. The summed E-state index contributed by atoms with van der Waals surface area (Å²) in [6.07, 6.45) is 1.58. The molecule has 3 aromatic rings. The maximum Gasteiger partial charge on any atom is 0.216 e. The molecule has 0 aliphatic heterocycles. The highest BCUT2D eigenvalue weighted by molar-refractivity contribution is 9.10. The topological polar surface area (TPSA) is 69.4 Å². The molecule has 0 atom stereocenters. The lowest BCUT2D eigenvalue weighted by molar-refractivity contribution is 0.474. The van der Waals surface area contributed by atoms with Crippen molar-refractivity contribution in [1.29, 1.82) is 0 Å². The third kappa shape index (κ3) is 4.12. The Labute approximate surface area is 171 Å². The van der Waals surface area contributed by atoms with Gasteiger partial charge in [0.15, 0.2) is 5.82 Å². The SMILES string of the molecule is CCN(CC)c1ccc(/C=N\n2c(-c3ccccc3Br)n[nH]c2=S)c(O)c1. The van der Waals surface area contributed by atoms with Crippen molar-refractivity contribution < 1.29 is 5.11 Å². The molecule has 0 bridgehead atoms. The van der Waals surface area contributed by atoms with Crippen molar-refractivity contribution in [2.24, 2.45) is 5.10 Å². The number of aromatic hydroxyl groups is 1. The van der Waals surface area contributed by atoms with Crippen molar-refractivity contribution in [2.45, 2.75) is 13.8 Å². The first-order valence-electron chi connectivity index (χ1n) is 8.59. The van der Waals surface area contributed by atoms with E-state index < -0.39 is 0 Å². The maximum absolute atomic E-state index is 10.4. The highest BCUT2D eigenvalue weighted by Gasteiger charge is 2.11. The number of phenolic OH excluding ortho intramolecular Hbond substituents is 1. The van der Waals surface area contributed by atoms with Crippen LogP contribution in [0.3, 0.4) is 0 Å². The zero-order chi connectivity index (χ0) is 19.4. The third-order valence-electron chi connectivity index (χ3n) is 4.22. The summed E-state index contributed by atoms with van der Waals surface area (Å²) >= 11 is 8.82. The van der Waals surface area contributed by atoms with Gasteiger partial charge in [-0.15, -0.1) is 0 Å². The van der Waals surface area contributed by atoms with Gasteiger partial charge in [0.2, 0.25) is 4.77 Å². The van der Waals surface area contributed by atoms with Crippen LogP contribution in [0.5, 0.6) is 5.75 Å². The highest BCUT2D eigenvalue weighted by atomic mass is 79.9. The van der Waals surface area contributed by atoms with E-state index >= 15 is 0 Å². The molecule has 0 saturated carbocycles. The molecule has 0 saturated heterocycles. The van der Waals surface area contributed by atoms with E-state index in [1.54, 1.807) is 12.3 Å². The lowest BCUT2D eigenvalue weighted by atomic mass is 10.2. The average molecular weight is 446 g/mol. The minimum absolute atomic E-state index is 0.167. The maximum atomic E-state index is 10.4. The van der Waals surface area contributed by atoms with E-state index in [2.05, 4.69) is 50.0 Å². The lowest BCUT2D eigenvalue weighted by Gasteiger charge is -2.21. The highest BCUT2D eigenvalue weighted by Crippen LogP contribution is 2.27. The van der Waals surface area contributed by atoms with Gasteiger partial charge in [0.05, 0.1) is 6.21 Å². The van der Waals surface area contributed by atoms with Crippen molar-refractivity contribution >= 4 is 40.0 Å². The van der Waals surface area contributed by atoms with Crippen LogP contribution in [0.25, 0.3) is 11.4 Å². The molecular formula is C19H20BrN5OS. The van der Waals surface area contributed by atoms with E-state index in [-0.39, 0.29) is 5.75 Å². The summed E-state index contributed by atoms with van der Waals surface area (Å²) < 4.78 is 2.80. The Morgan fingerprint density at radius 2 is 2.00 bits per heavy atom. The van der Waals surface area contributed by atoms with Crippen LogP contribution in [0.2, 0.25) is 0 Å². The largest absolute Gasteiger partial charge is 0.507 e. The molecule has 1 heterocycles. The average Bonchev–Trinajstić information content (AvgIpc) is 3.03. The first kappa shape index (κ1) is 19.3. The van der Waals surface area contributed by atoms with Gasteiger partial charge in [-0.1, -0.05) is 28.1 Å². The van der Waals surface area contributed by atoms with Crippen LogP contribution >= 0.6 is 28.1 Å². The number of benzene rings is 2. The number of anilines is 1. The third-order valence-corrected chi connectivity index (χ3v) is 5.18. The molecule has 140 valence electrons. The van der Waals surface area contributed by atoms with E-state index in [9.17, 15) is 5.11 Å². The van der Waals surface area contributed by atoms with Crippen molar-refractivity contribution in [3.8, 4) is 17.1 Å². The van der Waals surface area contributed by atoms with Gasteiger partial charge in [-0.25, -0.2) is 5.10 Å². The van der Waals surface area contributed by atoms with Crippen LogP contribution in [0, 0.1) is 4.77 Å². The van der Waals surface area contributed by atoms with Gasteiger partial charge < -0.3 is 10.0 Å². The summed E-state index contributed by atoms with van der Waals surface area (Å²) in [7, 11) is 0. The fourth-order valence-corrected chi connectivity index (χ4v) is 3.40. The van der Waals surface area contributed by atoms with Gasteiger partial charge >= 0.3 is 0 Å². The predicted octanol–water partition coefficient (Wildman–Crippen LogP) is 4.80. The molecular weight excluding hydrogens is 426 g/mol. The molecule has 6 nitrogen and oxygen atoms in total. The molecule has 27 heavy (non-hydrogen) atoms. The molecule has 3 rings (SSSR count). The number of hydrogen-bond donors (Lipinski definition) is 2. The van der Waals surface area contributed by atoms with Gasteiger partial charge in [-0.2, -0.15) is 14.9 Å². The fraction of sp³-hybridized carbons (Fsp3) is 0.211. The van der Waals surface area contributed by atoms with Crippen LogP contribution in [-0.2, 0) is 0 Å². The Morgan fingerprint density at radius 3 is 2.67 bits per heavy atom. The molecule has 0 aliphatic carbocycles. The number of nitrogens with one attached hydrogen (secondary N) is 1. The van der Waals surface area contributed by atoms with Crippen LogP contribution in [0.1, 0.15) is 19.4 Å². The standard InChI is InChI=1S/C19H20BrN5OS/c1-3-24(4-2)14-10-9-13(17(26)11-14)12-21-25-18(22-23-19(25)27)15-7-5-6-8-16(15)20/h5-12,26H,3-4H2,1-2H3,(H,23,27)/b21-12-. The number of phenols is 1. The number of hydrogen-bond acceptors (Lipinski definition) is 5. The van der Waals surface area contributed by atoms with E-state index in [0.717, 1.165) is 28.8 Å². The number of rotatable bonds is 6. The zero-order valence-corrected chi connectivity index (χ0v) is 17.5. The Morgan fingerprint density at radius 1 is 1.26 bits per heavy atom.